The molecule has 1 aromatic heterocycles. The number of piperidine rings is 1. The standard InChI is InChI=1S/C18H23N5O/c1-14-10-15(2-3-16(14)23-13-20-12-21-23)17(24)22-8-5-18(6-9-22)4-7-19-11-18/h2-3,10,12-13,19H,4-9,11H2,1H3. The Labute approximate surface area is 141 Å². The SMILES string of the molecule is Cc1cc(C(=O)N2CCC3(CCNC3)CC2)ccc1-n1cncn1. The van der Waals surface area contributed by atoms with Crippen molar-refractivity contribution in [1.29, 1.82) is 0 Å². The Morgan fingerprint density at radius 2 is 2.08 bits per heavy atom. The van der Waals surface area contributed by atoms with Crippen LogP contribution in [0.1, 0.15) is 35.2 Å². The van der Waals surface area contributed by atoms with Crippen LogP contribution in [0.25, 0.3) is 5.69 Å². The van der Waals surface area contributed by atoms with E-state index in [1.54, 1.807) is 11.0 Å². The molecule has 126 valence electrons. The number of benzene rings is 1. The fourth-order valence-corrected chi connectivity index (χ4v) is 3.97. The molecule has 1 N–H and O–H groups in total. The summed E-state index contributed by atoms with van der Waals surface area (Å²) < 4.78 is 1.72. The van der Waals surface area contributed by atoms with Crippen molar-refractivity contribution >= 4 is 5.91 Å². The molecule has 4 rings (SSSR count). The molecule has 2 aromatic rings. The summed E-state index contributed by atoms with van der Waals surface area (Å²) >= 11 is 0. The number of amides is 1. The number of nitrogens with zero attached hydrogens (tertiary/aromatic N) is 4. The molecule has 1 spiro atoms. The number of carbonyl (C=O) groups excluding carboxylic acids is 1. The maximum Gasteiger partial charge on any atom is 0.253 e. The first-order valence-corrected chi connectivity index (χ1v) is 8.63. The quantitative estimate of drug-likeness (QED) is 0.914. The monoisotopic (exact) mass is 325 g/mol. The van der Waals surface area contributed by atoms with E-state index in [9.17, 15) is 4.79 Å². The van der Waals surface area contributed by atoms with E-state index < -0.39 is 0 Å². The molecule has 1 aromatic carbocycles. The lowest BCUT2D eigenvalue weighted by molar-refractivity contribution is 0.0607. The minimum Gasteiger partial charge on any atom is -0.339 e. The van der Waals surface area contributed by atoms with Crippen LogP contribution >= 0.6 is 0 Å². The molecule has 1 amide bonds. The van der Waals surface area contributed by atoms with Gasteiger partial charge >= 0.3 is 0 Å². The van der Waals surface area contributed by atoms with E-state index in [1.165, 1.54) is 12.7 Å². The van der Waals surface area contributed by atoms with E-state index in [0.29, 0.717) is 5.41 Å². The lowest BCUT2D eigenvalue weighted by atomic mass is 9.78. The van der Waals surface area contributed by atoms with Crippen LogP contribution in [0, 0.1) is 12.3 Å². The number of aromatic nitrogens is 3. The number of aryl methyl sites for hydroxylation is 1. The predicted molar refractivity (Wildman–Crippen MR) is 91.2 cm³/mol. The Kier molecular flexibility index (Phi) is 3.84. The van der Waals surface area contributed by atoms with Crippen molar-refractivity contribution in [1.82, 2.24) is 25.0 Å². The van der Waals surface area contributed by atoms with Gasteiger partial charge in [-0.3, -0.25) is 4.79 Å². The average molecular weight is 325 g/mol. The van der Waals surface area contributed by atoms with E-state index in [2.05, 4.69) is 15.4 Å². The minimum atomic E-state index is 0.143. The largest absolute Gasteiger partial charge is 0.339 e. The lowest BCUT2D eigenvalue weighted by Gasteiger charge is -2.39. The molecule has 3 heterocycles. The fraction of sp³-hybridized carbons (Fsp3) is 0.500. The second kappa shape index (κ2) is 6.02. The second-order valence-electron chi connectivity index (χ2n) is 7.06. The van der Waals surface area contributed by atoms with Gasteiger partial charge in [-0.1, -0.05) is 0 Å². The molecule has 0 radical (unpaired) electrons. The Bertz CT molecular complexity index is 724. The molecule has 2 aliphatic heterocycles. The van der Waals surface area contributed by atoms with Gasteiger partial charge in [-0.25, -0.2) is 9.67 Å². The number of nitrogens with one attached hydrogen (secondary N) is 1. The van der Waals surface area contributed by atoms with Crippen LogP contribution in [0.5, 0.6) is 0 Å². The number of likely N-dealkylation sites (tertiary alicyclic amines) is 1. The van der Waals surface area contributed by atoms with Gasteiger partial charge in [0.15, 0.2) is 0 Å². The van der Waals surface area contributed by atoms with E-state index >= 15 is 0 Å². The van der Waals surface area contributed by atoms with Crippen LogP contribution in [0.4, 0.5) is 0 Å². The molecule has 24 heavy (non-hydrogen) atoms. The molecule has 6 heteroatoms. The lowest BCUT2D eigenvalue weighted by Crippen LogP contribution is -2.44. The van der Waals surface area contributed by atoms with Gasteiger partial charge < -0.3 is 10.2 Å². The molecule has 0 unspecified atom stereocenters. The summed E-state index contributed by atoms with van der Waals surface area (Å²) in [5.74, 6) is 0.143. The number of carbonyl (C=O) groups is 1. The topological polar surface area (TPSA) is 63.1 Å². The number of hydrogen-bond acceptors (Lipinski definition) is 4. The first-order chi connectivity index (χ1) is 11.7. The smallest absolute Gasteiger partial charge is 0.253 e. The van der Waals surface area contributed by atoms with Crippen LogP contribution in [-0.4, -0.2) is 51.8 Å². The summed E-state index contributed by atoms with van der Waals surface area (Å²) in [6.07, 6.45) is 6.66. The third-order valence-corrected chi connectivity index (χ3v) is 5.55. The van der Waals surface area contributed by atoms with Crippen LogP contribution in [0.15, 0.2) is 30.9 Å². The highest BCUT2D eigenvalue weighted by atomic mass is 16.2. The van der Waals surface area contributed by atoms with Gasteiger partial charge in [0.25, 0.3) is 5.91 Å². The normalized spacial score (nSPS) is 19.8. The van der Waals surface area contributed by atoms with Crippen LogP contribution in [-0.2, 0) is 0 Å². The molecular weight excluding hydrogens is 302 g/mol. The molecule has 0 saturated carbocycles. The minimum absolute atomic E-state index is 0.143. The number of hydrogen-bond donors (Lipinski definition) is 1. The highest BCUT2D eigenvalue weighted by Crippen LogP contribution is 2.37. The van der Waals surface area contributed by atoms with E-state index in [0.717, 1.165) is 55.8 Å². The van der Waals surface area contributed by atoms with Crippen LogP contribution < -0.4 is 5.32 Å². The predicted octanol–water partition coefficient (Wildman–Crippen LogP) is 1.79. The van der Waals surface area contributed by atoms with Crippen molar-refractivity contribution in [2.24, 2.45) is 5.41 Å². The number of rotatable bonds is 2. The van der Waals surface area contributed by atoms with Crippen molar-refractivity contribution in [2.75, 3.05) is 26.2 Å². The van der Waals surface area contributed by atoms with E-state index in [-0.39, 0.29) is 5.91 Å². The first kappa shape index (κ1) is 15.3. The van der Waals surface area contributed by atoms with Gasteiger partial charge in [-0.15, -0.1) is 0 Å². The zero-order valence-corrected chi connectivity index (χ0v) is 14.0. The highest BCUT2D eigenvalue weighted by molar-refractivity contribution is 5.94. The van der Waals surface area contributed by atoms with Gasteiger partial charge in [0.2, 0.25) is 0 Å². The summed E-state index contributed by atoms with van der Waals surface area (Å²) in [6, 6.07) is 5.80. The summed E-state index contributed by atoms with van der Waals surface area (Å²) in [4.78, 5) is 18.8. The molecule has 0 atom stereocenters. The maximum absolute atomic E-state index is 12.8. The molecule has 6 nitrogen and oxygen atoms in total. The van der Waals surface area contributed by atoms with Gasteiger partial charge in [0.05, 0.1) is 5.69 Å². The Morgan fingerprint density at radius 3 is 2.71 bits per heavy atom. The van der Waals surface area contributed by atoms with Crippen molar-refractivity contribution in [2.45, 2.75) is 26.2 Å². The average Bonchev–Trinajstić information content (AvgIpc) is 3.27. The fourth-order valence-electron chi connectivity index (χ4n) is 3.97. The zero-order chi connectivity index (χ0) is 16.6. The van der Waals surface area contributed by atoms with Crippen molar-refractivity contribution in [3.8, 4) is 5.69 Å². The molecular formula is C18H23N5O. The summed E-state index contributed by atoms with van der Waals surface area (Å²) in [5, 5.41) is 7.63. The molecule has 2 saturated heterocycles. The van der Waals surface area contributed by atoms with Gasteiger partial charge in [0, 0.05) is 25.2 Å². The third-order valence-electron chi connectivity index (χ3n) is 5.55. The zero-order valence-electron chi connectivity index (χ0n) is 14.0. The Hall–Kier alpha value is -2.21. The maximum atomic E-state index is 12.8. The Balaban J connectivity index is 1.48. The van der Waals surface area contributed by atoms with Crippen LogP contribution in [0.3, 0.4) is 0 Å². The van der Waals surface area contributed by atoms with Gasteiger partial charge in [-0.2, -0.15) is 5.10 Å². The molecule has 2 aliphatic rings. The summed E-state index contributed by atoms with van der Waals surface area (Å²) in [5.41, 5.74) is 3.18. The van der Waals surface area contributed by atoms with Gasteiger partial charge in [-0.05, 0) is 61.9 Å². The van der Waals surface area contributed by atoms with Gasteiger partial charge in [0.1, 0.15) is 12.7 Å². The van der Waals surface area contributed by atoms with E-state index in [1.807, 2.05) is 30.0 Å². The molecule has 0 bridgehead atoms. The van der Waals surface area contributed by atoms with Crippen molar-refractivity contribution in [3.63, 3.8) is 0 Å². The second-order valence-corrected chi connectivity index (χ2v) is 7.06. The summed E-state index contributed by atoms with van der Waals surface area (Å²) in [7, 11) is 0. The first-order valence-electron chi connectivity index (χ1n) is 8.63. The van der Waals surface area contributed by atoms with Crippen molar-refractivity contribution < 1.29 is 4.79 Å². The molecule has 0 aliphatic carbocycles. The Morgan fingerprint density at radius 1 is 1.25 bits per heavy atom. The molecule has 2 fully saturated rings. The summed E-state index contributed by atoms with van der Waals surface area (Å²) in [6.45, 7) is 5.97. The van der Waals surface area contributed by atoms with E-state index in [4.69, 9.17) is 0 Å². The third kappa shape index (κ3) is 2.71. The van der Waals surface area contributed by atoms with Crippen molar-refractivity contribution in [3.05, 3.63) is 42.0 Å². The highest BCUT2D eigenvalue weighted by Gasteiger charge is 2.38. The van der Waals surface area contributed by atoms with Crippen LogP contribution in [0.2, 0.25) is 0 Å².